The molecule has 0 unspecified atom stereocenters. The molecule has 3 rings (SSSR count). The molecule has 0 aromatic heterocycles. The van der Waals surface area contributed by atoms with E-state index in [2.05, 4.69) is 38.3 Å². The Bertz CT molecular complexity index is 468. The van der Waals surface area contributed by atoms with E-state index < -0.39 is 0 Å². The third-order valence-corrected chi connectivity index (χ3v) is 5.40. The van der Waals surface area contributed by atoms with Gasteiger partial charge in [0.15, 0.2) is 0 Å². The first kappa shape index (κ1) is 15.3. The van der Waals surface area contributed by atoms with Crippen LogP contribution in [0.2, 0.25) is 0 Å². The molecule has 1 heterocycles. The van der Waals surface area contributed by atoms with Crippen molar-refractivity contribution in [3.63, 3.8) is 0 Å². The molecule has 1 aliphatic heterocycles. The number of piperidine rings is 1. The normalized spacial score (nSPS) is 20.7. The Morgan fingerprint density at radius 3 is 2.67 bits per heavy atom. The highest BCUT2D eigenvalue weighted by atomic mass is 79.9. The van der Waals surface area contributed by atoms with Gasteiger partial charge in [0.05, 0.1) is 7.11 Å². The minimum Gasteiger partial charge on any atom is -0.497 e. The molecule has 1 aliphatic carbocycles. The van der Waals surface area contributed by atoms with Gasteiger partial charge in [-0.25, -0.2) is 0 Å². The monoisotopic (exact) mass is 352 g/mol. The molecule has 0 bridgehead atoms. The van der Waals surface area contributed by atoms with E-state index in [-0.39, 0.29) is 0 Å². The molecule has 3 nitrogen and oxygen atoms in total. The number of nitrogens with zero attached hydrogens (tertiary/aromatic N) is 1. The zero-order valence-corrected chi connectivity index (χ0v) is 14.4. The molecule has 1 aromatic rings. The van der Waals surface area contributed by atoms with Crippen molar-refractivity contribution in [3.8, 4) is 5.75 Å². The van der Waals surface area contributed by atoms with Crippen LogP contribution in [-0.4, -0.2) is 37.7 Å². The van der Waals surface area contributed by atoms with Crippen molar-refractivity contribution in [2.45, 2.75) is 38.3 Å². The molecule has 2 aliphatic rings. The largest absolute Gasteiger partial charge is 0.497 e. The van der Waals surface area contributed by atoms with E-state index >= 15 is 0 Å². The summed E-state index contributed by atoms with van der Waals surface area (Å²) >= 11 is 3.65. The van der Waals surface area contributed by atoms with Crippen LogP contribution in [0, 0.1) is 5.92 Å². The van der Waals surface area contributed by atoms with Gasteiger partial charge in [-0.05, 0) is 75.0 Å². The smallest absolute Gasteiger partial charge is 0.119 e. The van der Waals surface area contributed by atoms with Gasteiger partial charge in [-0.2, -0.15) is 0 Å². The first-order chi connectivity index (χ1) is 10.2. The maximum Gasteiger partial charge on any atom is 0.119 e. The van der Waals surface area contributed by atoms with E-state index in [1.54, 1.807) is 7.11 Å². The number of hydrogen-bond acceptors (Lipinski definition) is 3. The third-order valence-electron chi connectivity index (χ3n) is 4.63. The Morgan fingerprint density at radius 1 is 1.24 bits per heavy atom. The van der Waals surface area contributed by atoms with Crippen molar-refractivity contribution in [1.29, 1.82) is 0 Å². The van der Waals surface area contributed by atoms with Gasteiger partial charge < -0.3 is 10.1 Å². The average molecular weight is 353 g/mol. The molecule has 0 spiro atoms. The lowest BCUT2D eigenvalue weighted by molar-refractivity contribution is 0.175. The summed E-state index contributed by atoms with van der Waals surface area (Å²) in [4.78, 5) is 2.56. The summed E-state index contributed by atoms with van der Waals surface area (Å²) in [6.45, 7) is 4.66. The maximum atomic E-state index is 5.33. The molecule has 1 N–H and O–H groups in total. The number of methoxy groups -OCH3 is 1. The number of likely N-dealkylation sites (tertiary alicyclic amines) is 1. The zero-order valence-electron chi connectivity index (χ0n) is 12.8. The van der Waals surface area contributed by atoms with E-state index in [9.17, 15) is 0 Å². The van der Waals surface area contributed by atoms with Crippen LogP contribution in [0.3, 0.4) is 0 Å². The highest BCUT2D eigenvalue weighted by Crippen LogP contribution is 2.26. The maximum absolute atomic E-state index is 5.33. The predicted octanol–water partition coefficient (Wildman–Crippen LogP) is 3.42. The fourth-order valence-corrected chi connectivity index (χ4v) is 3.38. The van der Waals surface area contributed by atoms with E-state index in [0.29, 0.717) is 0 Å². The summed E-state index contributed by atoms with van der Waals surface area (Å²) in [7, 11) is 1.73. The zero-order chi connectivity index (χ0) is 14.7. The number of nitrogens with one attached hydrogen (secondary N) is 1. The summed E-state index contributed by atoms with van der Waals surface area (Å²) in [6.07, 6.45) is 5.42. The van der Waals surface area contributed by atoms with Crippen LogP contribution in [-0.2, 0) is 6.54 Å². The van der Waals surface area contributed by atoms with Crippen molar-refractivity contribution >= 4 is 15.9 Å². The molecule has 4 heteroatoms. The van der Waals surface area contributed by atoms with Crippen LogP contribution in [0.25, 0.3) is 0 Å². The second-order valence-corrected chi connectivity index (χ2v) is 7.21. The predicted molar refractivity (Wildman–Crippen MR) is 89.7 cm³/mol. The van der Waals surface area contributed by atoms with Crippen LogP contribution in [0.4, 0.5) is 0 Å². The highest BCUT2D eigenvalue weighted by molar-refractivity contribution is 9.10. The summed E-state index contributed by atoms with van der Waals surface area (Å²) in [5.41, 5.74) is 1.32. The first-order valence-electron chi connectivity index (χ1n) is 8.03. The minimum atomic E-state index is 0.843. The minimum absolute atomic E-state index is 0.843. The Morgan fingerprint density at radius 2 is 2.00 bits per heavy atom. The van der Waals surface area contributed by atoms with Crippen LogP contribution in [0.1, 0.15) is 31.2 Å². The molecule has 2 fully saturated rings. The molecular formula is C17H25BrN2O. The molecular weight excluding hydrogens is 328 g/mol. The van der Waals surface area contributed by atoms with Crippen LogP contribution >= 0.6 is 15.9 Å². The van der Waals surface area contributed by atoms with Gasteiger partial charge >= 0.3 is 0 Å². The topological polar surface area (TPSA) is 24.5 Å². The molecule has 0 amide bonds. The second kappa shape index (κ2) is 7.12. The molecule has 1 saturated carbocycles. The first-order valence-corrected chi connectivity index (χ1v) is 8.82. The number of benzene rings is 1. The lowest BCUT2D eigenvalue weighted by Crippen LogP contribution is -2.37. The van der Waals surface area contributed by atoms with E-state index in [4.69, 9.17) is 4.74 Å². The van der Waals surface area contributed by atoms with Crippen molar-refractivity contribution in [1.82, 2.24) is 10.2 Å². The van der Waals surface area contributed by atoms with Crippen molar-refractivity contribution in [3.05, 3.63) is 28.2 Å². The van der Waals surface area contributed by atoms with Crippen LogP contribution in [0.15, 0.2) is 22.7 Å². The van der Waals surface area contributed by atoms with Crippen LogP contribution in [0.5, 0.6) is 5.75 Å². The standard InChI is InChI=1S/C17H25BrN2O/c1-21-16-4-5-17(18)14(10-16)12-20-8-6-13(7-9-20)11-19-15-2-3-15/h4-5,10,13,15,19H,2-3,6-9,11-12H2,1H3. The van der Waals surface area contributed by atoms with Crippen molar-refractivity contribution < 1.29 is 4.74 Å². The summed E-state index contributed by atoms with van der Waals surface area (Å²) in [6, 6.07) is 7.07. The number of hydrogen-bond donors (Lipinski definition) is 1. The summed E-state index contributed by atoms with van der Waals surface area (Å²) < 4.78 is 6.51. The summed E-state index contributed by atoms with van der Waals surface area (Å²) in [5.74, 6) is 1.81. The van der Waals surface area contributed by atoms with Crippen molar-refractivity contribution in [2.75, 3.05) is 26.7 Å². The number of ether oxygens (including phenoxy) is 1. The van der Waals surface area contributed by atoms with Gasteiger partial charge in [-0.1, -0.05) is 15.9 Å². The Kier molecular flexibility index (Phi) is 5.19. The van der Waals surface area contributed by atoms with Crippen molar-refractivity contribution in [2.24, 2.45) is 5.92 Å². The molecule has 0 radical (unpaired) electrons. The molecule has 21 heavy (non-hydrogen) atoms. The Hall–Kier alpha value is -0.580. The molecule has 1 saturated heterocycles. The fourth-order valence-electron chi connectivity index (χ4n) is 3.01. The van der Waals surface area contributed by atoms with E-state index in [0.717, 1.165) is 24.3 Å². The molecule has 0 atom stereocenters. The van der Waals surface area contributed by atoms with E-state index in [1.165, 1.54) is 55.4 Å². The van der Waals surface area contributed by atoms with Gasteiger partial charge in [-0.3, -0.25) is 4.90 Å². The number of rotatable bonds is 6. The Labute approximate surface area is 136 Å². The molecule has 116 valence electrons. The van der Waals surface area contributed by atoms with Gasteiger partial charge in [0.25, 0.3) is 0 Å². The highest BCUT2D eigenvalue weighted by Gasteiger charge is 2.24. The van der Waals surface area contributed by atoms with Gasteiger partial charge in [0, 0.05) is 17.1 Å². The average Bonchev–Trinajstić information content (AvgIpc) is 3.33. The van der Waals surface area contributed by atoms with Crippen LogP contribution < -0.4 is 10.1 Å². The van der Waals surface area contributed by atoms with E-state index in [1.807, 2.05) is 6.07 Å². The fraction of sp³-hybridized carbons (Fsp3) is 0.647. The second-order valence-electron chi connectivity index (χ2n) is 6.36. The van der Waals surface area contributed by atoms with Gasteiger partial charge in [0.1, 0.15) is 5.75 Å². The van der Waals surface area contributed by atoms with Gasteiger partial charge in [-0.15, -0.1) is 0 Å². The number of halogens is 1. The third kappa shape index (κ3) is 4.44. The summed E-state index contributed by atoms with van der Waals surface area (Å²) in [5, 5.41) is 3.67. The quantitative estimate of drug-likeness (QED) is 0.848. The van der Waals surface area contributed by atoms with Gasteiger partial charge in [0.2, 0.25) is 0 Å². The lowest BCUT2D eigenvalue weighted by Gasteiger charge is -2.32. The SMILES string of the molecule is COc1ccc(Br)c(CN2CCC(CNC3CC3)CC2)c1. The lowest BCUT2D eigenvalue weighted by atomic mass is 9.96. The Balaban J connectivity index is 1.48. The molecule has 1 aromatic carbocycles.